The molecule has 4 heteroatoms. The van der Waals surface area contributed by atoms with Crippen LogP contribution in [0, 0.1) is 0 Å². The predicted octanol–water partition coefficient (Wildman–Crippen LogP) is 2.54. The fourth-order valence-electron chi connectivity index (χ4n) is 2.32. The summed E-state index contributed by atoms with van der Waals surface area (Å²) in [5.41, 5.74) is 2.38. The van der Waals surface area contributed by atoms with Gasteiger partial charge in [-0.3, -0.25) is 0 Å². The molecule has 1 aromatic heterocycles. The van der Waals surface area contributed by atoms with Crippen LogP contribution in [-0.2, 0) is 13.1 Å². The Balaban J connectivity index is 1.96. The molecular weight excluding hydrogens is 248 g/mol. The van der Waals surface area contributed by atoms with Crippen molar-refractivity contribution >= 4 is 22.5 Å². The molecule has 1 heterocycles. The molecule has 0 spiro atoms. The van der Waals surface area contributed by atoms with Gasteiger partial charge in [0.25, 0.3) is 0 Å². The minimum Gasteiger partial charge on any atom is -0.395 e. The molecule has 0 bridgehead atoms. The molecule has 96 valence electrons. The standard InChI is InChI=1S/C14H17ClN2O/c15-11-1-4-13-10(8-16-12-2-3-12)9-17(5-6-18)14(13)7-11/h1,4,7,9,12,16,18H,2-3,5-6,8H2. The van der Waals surface area contributed by atoms with Crippen LogP contribution in [-0.4, -0.2) is 22.3 Å². The van der Waals surface area contributed by atoms with E-state index in [1.807, 2.05) is 12.1 Å². The van der Waals surface area contributed by atoms with Gasteiger partial charge in [-0.25, -0.2) is 0 Å². The zero-order chi connectivity index (χ0) is 12.5. The molecule has 1 aliphatic rings. The van der Waals surface area contributed by atoms with Crippen LogP contribution in [0.5, 0.6) is 0 Å². The normalized spacial score (nSPS) is 15.4. The van der Waals surface area contributed by atoms with Crippen molar-refractivity contribution in [3.8, 4) is 0 Å². The van der Waals surface area contributed by atoms with Gasteiger partial charge in [0.15, 0.2) is 0 Å². The molecule has 2 N–H and O–H groups in total. The van der Waals surface area contributed by atoms with Crippen LogP contribution in [0.3, 0.4) is 0 Å². The summed E-state index contributed by atoms with van der Waals surface area (Å²) in [6.45, 7) is 1.65. The molecule has 1 aliphatic carbocycles. The van der Waals surface area contributed by atoms with E-state index >= 15 is 0 Å². The third-order valence-corrected chi connectivity index (χ3v) is 3.66. The van der Waals surface area contributed by atoms with Gasteiger partial charge >= 0.3 is 0 Å². The Bertz CT molecular complexity index is 560. The Morgan fingerprint density at radius 2 is 2.22 bits per heavy atom. The first-order valence-corrected chi connectivity index (χ1v) is 6.77. The number of rotatable bonds is 5. The van der Waals surface area contributed by atoms with E-state index in [2.05, 4.69) is 22.1 Å². The number of nitrogens with one attached hydrogen (secondary N) is 1. The fourth-order valence-corrected chi connectivity index (χ4v) is 2.48. The van der Waals surface area contributed by atoms with E-state index < -0.39 is 0 Å². The Hall–Kier alpha value is -1.03. The van der Waals surface area contributed by atoms with E-state index in [1.165, 1.54) is 23.8 Å². The number of hydrogen-bond donors (Lipinski definition) is 2. The molecule has 3 nitrogen and oxygen atoms in total. The maximum Gasteiger partial charge on any atom is 0.0610 e. The Morgan fingerprint density at radius 1 is 1.39 bits per heavy atom. The lowest BCUT2D eigenvalue weighted by molar-refractivity contribution is 0.278. The molecule has 1 fully saturated rings. The minimum atomic E-state index is 0.145. The molecule has 0 atom stereocenters. The van der Waals surface area contributed by atoms with Crippen LogP contribution in [0.4, 0.5) is 0 Å². The molecule has 3 rings (SSSR count). The second-order valence-electron chi connectivity index (χ2n) is 4.89. The summed E-state index contributed by atoms with van der Waals surface area (Å²) in [7, 11) is 0. The van der Waals surface area contributed by atoms with Gasteiger partial charge in [-0.15, -0.1) is 0 Å². The predicted molar refractivity (Wildman–Crippen MR) is 73.9 cm³/mol. The first-order valence-electron chi connectivity index (χ1n) is 6.39. The summed E-state index contributed by atoms with van der Waals surface area (Å²) in [6.07, 6.45) is 4.70. The molecule has 0 amide bonds. The van der Waals surface area contributed by atoms with Crippen molar-refractivity contribution in [3.05, 3.63) is 35.0 Å². The summed E-state index contributed by atoms with van der Waals surface area (Å²) >= 11 is 6.05. The fraction of sp³-hybridized carbons (Fsp3) is 0.429. The van der Waals surface area contributed by atoms with E-state index in [9.17, 15) is 0 Å². The molecule has 0 radical (unpaired) electrons. The topological polar surface area (TPSA) is 37.2 Å². The van der Waals surface area contributed by atoms with Crippen molar-refractivity contribution < 1.29 is 5.11 Å². The molecule has 0 aliphatic heterocycles. The number of aliphatic hydroxyl groups excluding tert-OH is 1. The third-order valence-electron chi connectivity index (χ3n) is 3.43. The first kappa shape index (κ1) is 12.0. The van der Waals surface area contributed by atoms with Gasteiger partial charge < -0.3 is 15.0 Å². The number of hydrogen-bond acceptors (Lipinski definition) is 2. The lowest BCUT2D eigenvalue weighted by Gasteiger charge is -2.01. The zero-order valence-corrected chi connectivity index (χ0v) is 11.0. The lowest BCUT2D eigenvalue weighted by atomic mass is 10.2. The highest BCUT2D eigenvalue weighted by Gasteiger charge is 2.20. The van der Waals surface area contributed by atoms with Crippen molar-refractivity contribution in [3.63, 3.8) is 0 Å². The van der Waals surface area contributed by atoms with Gasteiger partial charge in [0, 0.05) is 41.3 Å². The summed E-state index contributed by atoms with van der Waals surface area (Å²) < 4.78 is 2.07. The number of fused-ring (bicyclic) bond motifs is 1. The van der Waals surface area contributed by atoms with Gasteiger partial charge in [0.1, 0.15) is 0 Å². The first-order chi connectivity index (χ1) is 8.78. The van der Waals surface area contributed by atoms with Crippen LogP contribution >= 0.6 is 11.6 Å². The Morgan fingerprint density at radius 3 is 2.94 bits per heavy atom. The van der Waals surface area contributed by atoms with Crippen LogP contribution in [0.15, 0.2) is 24.4 Å². The van der Waals surface area contributed by atoms with Crippen molar-refractivity contribution in [1.29, 1.82) is 0 Å². The lowest BCUT2D eigenvalue weighted by Crippen LogP contribution is -2.15. The molecular formula is C14H17ClN2O. The molecule has 0 unspecified atom stereocenters. The number of aliphatic hydroxyl groups is 1. The Labute approximate surface area is 111 Å². The van der Waals surface area contributed by atoms with Gasteiger partial charge in [0.05, 0.1) is 6.61 Å². The second-order valence-corrected chi connectivity index (χ2v) is 5.32. The Kier molecular flexibility index (Phi) is 3.29. The van der Waals surface area contributed by atoms with Gasteiger partial charge in [-0.1, -0.05) is 17.7 Å². The number of benzene rings is 1. The largest absolute Gasteiger partial charge is 0.395 e. The maximum atomic E-state index is 9.12. The van der Waals surface area contributed by atoms with Crippen molar-refractivity contribution in [2.24, 2.45) is 0 Å². The molecule has 2 aromatic rings. The second kappa shape index (κ2) is 4.92. The van der Waals surface area contributed by atoms with Crippen molar-refractivity contribution in [2.45, 2.75) is 32.0 Å². The van der Waals surface area contributed by atoms with Gasteiger partial charge in [-0.2, -0.15) is 0 Å². The molecule has 1 aromatic carbocycles. The highest BCUT2D eigenvalue weighted by Crippen LogP contribution is 2.26. The van der Waals surface area contributed by atoms with Crippen molar-refractivity contribution in [1.82, 2.24) is 9.88 Å². The van der Waals surface area contributed by atoms with E-state index in [0.29, 0.717) is 12.6 Å². The summed E-state index contributed by atoms with van der Waals surface area (Å²) in [4.78, 5) is 0. The minimum absolute atomic E-state index is 0.145. The number of aromatic nitrogens is 1. The van der Waals surface area contributed by atoms with Crippen molar-refractivity contribution in [2.75, 3.05) is 6.61 Å². The van der Waals surface area contributed by atoms with Crippen LogP contribution in [0.1, 0.15) is 18.4 Å². The smallest absolute Gasteiger partial charge is 0.0610 e. The third kappa shape index (κ3) is 2.39. The summed E-state index contributed by atoms with van der Waals surface area (Å²) in [5.74, 6) is 0. The average molecular weight is 265 g/mol. The zero-order valence-electron chi connectivity index (χ0n) is 10.2. The van der Waals surface area contributed by atoms with Gasteiger partial charge in [-0.05, 0) is 30.5 Å². The monoisotopic (exact) mass is 264 g/mol. The molecule has 1 saturated carbocycles. The van der Waals surface area contributed by atoms with E-state index in [1.54, 1.807) is 0 Å². The maximum absolute atomic E-state index is 9.12. The van der Waals surface area contributed by atoms with E-state index in [4.69, 9.17) is 16.7 Å². The SMILES string of the molecule is OCCn1cc(CNC2CC2)c2ccc(Cl)cc21. The van der Waals surface area contributed by atoms with Crippen LogP contribution in [0.25, 0.3) is 10.9 Å². The average Bonchev–Trinajstić information content (AvgIpc) is 3.12. The number of halogens is 1. The van der Waals surface area contributed by atoms with Crippen LogP contribution < -0.4 is 5.32 Å². The molecule has 0 saturated heterocycles. The summed E-state index contributed by atoms with van der Waals surface area (Å²) in [5, 5.41) is 14.6. The van der Waals surface area contributed by atoms with E-state index in [0.717, 1.165) is 17.1 Å². The quantitative estimate of drug-likeness (QED) is 0.871. The molecule has 18 heavy (non-hydrogen) atoms. The number of nitrogens with zero attached hydrogens (tertiary/aromatic N) is 1. The highest BCUT2D eigenvalue weighted by molar-refractivity contribution is 6.31. The summed E-state index contributed by atoms with van der Waals surface area (Å²) in [6, 6.07) is 6.66. The van der Waals surface area contributed by atoms with Crippen LogP contribution in [0.2, 0.25) is 5.02 Å². The highest BCUT2D eigenvalue weighted by atomic mass is 35.5. The van der Waals surface area contributed by atoms with Gasteiger partial charge in [0.2, 0.25) is 0 Å². The van der Waals surface area contributed by atoms with E-state index in [-0.39, 0.29) is 6.61 Å².